The molecule has 0 aliphatic carbocycles. The predicted molar refractivity (Wildman–Crippen MR) is 108 cm³/mol. The van der Waals surface area contributed by atoms with E-state index in [1.54, 1.807) is 0 Å². The lowest BCUT2D eigenvalue weighted by Crippen LogP contribution is -2.49. The number of aryl methyl sites for hydroxylation is 1. The third-order valence-electron chi connectivity index (χ3n) is 4.88. The fraction of sp³-hybridized carbons (Fsp3) is 0.500. The maximum Gasteiger partial charge on any atom is 0.253 e. The van der Waals surface area contributed by atoms with Gasteiger partial charge in [0.05, 0.1) is 0 Å². The second-order valence-corrected chi connectivity index (χ2v) is 7.62. The van der Waals surface area contributed by atoms with Crippen LogP contribution in [0.15, 0.2) is 36.7 Å². The van der Waals surface area contributed by atoms with Crippen molar-refractivity contribution < 1.29 is 4.79 Å². The quantitative estimate of drug-likeness (QED) is 0.822. The molecule has 0 bridgehead atoms. The smallest absolute Gasteiger partial charge is 0.253 e. The number of hydrogen-bond donors (Lipinski definition) is 0. The maximum atomic E-state index is 12.8. The average molecular weight is 377 g/mol. The van der Waals surface area contributed by atoms with E-state index in [9.17, 15) is 4.79 Å². The standard InChI is InChI=1S/C20H28N4O.ClH/c1-5-22-11-10-21-19(22)24-14-12-23(13-15-24)18(25)16-6-8-17(9-7-16)20(2,3)4;/h6-11H,5,12-15H2,1-4H3;1H. The molecule has 3 rings (SSSR count). The summed E-state index contributed by atoms with van der Waals surface area (Å²) < 4.78 is 2.14. The third kappa shape index (κ3) is 4.21. The van der Waals surface area contributed by atoms with Crippen molar-refractivity contribution >= 4 is 24.3 Å². The molecule has 0 saturated carbocycles. The number of anilines is 1. The minimum Gasteiger partial charge on any atom is -0.339 e. The lowest BCUT2D eigenvalue weighted by Gasteiger charge is -2.35. The van der Waals surface area contributed by atoms with E-state index in [0.29, 0.717) is 0 Å². The first-order valence-corrected chi connectivity index (χ1v) is 9.06. The number of amides is 1. The first-order chi connectivity index (χ1) is 11.9. The summed E-state index contributed by atoms with van der Waals surface area (Å²) in [6.45, 7) is 12.7. The summed E-state index contributed by atoms with van der Waals surface area (Å²) in [5.74, 6) is 1.13. The fourth-order valence-corrected chi connectivity index (χ4v) is 3.24. The van der Waals surface area contributed by atoms with Crippen LogP contribution in [0.2, 0.25) is 0 Å². The van der Waals surface area contributed by atoms with Gasteiger partial charge < -0.3 is 14.4 Å². The molecule has 1 saturated heterocycles. The molecule has 5 nitrogen and oxygen atoms in total. The summed E-state index contributed by atoms with van der Waals surface area (Å²) in [6, 6.07) is 8.06. The van der Waals surface area contributed by atoms with Crippen molar-refractivity contribution in [3.05, 3.63) is 47.8 Å². The van der Waals surface area contributed by atoms with Crippen LogP contribution in [-0.2, 0) is 12.0 Å². The van der Waals surface area contributed by atoms with Crippen LogP contribution in [0.4, 0.5) is 5.95 Å². The average Bonchev–Trinajstić information content (AvgIpc) is 3.09. The van der Waals surface area contributed by atoms with Gasteiger partial charge in [0.2, 0.25) is 5.95 Å². The van der Waals surface area contributed by atoms with Crippen LogP contribution in [0, 0.1) is 0 Å². The van der Waals surface area contributed by atoms with E-state index in [0.717, 1.165) is 44.2 Å². The van der Waals surface area contributed by atoms with Gasteiger partial charge in [-0.25, -0.2) is 4.98 Å². The van der Waals surface area contributed by atoms with Gasteiger partial charge in [0, 0.05) is 50.7 Å². The SMILES string of the molecule is CCn1ccnc1N1CCN(C(=O)c2ccc(C(C)(C)C)cc2)CC1.Cl. The van der Waals surface area contributed by atoms with E-state index in [-0.39, 0.29) is 23.7 Å². The molecule has 1 aliphatic rings. The van der Waals surface area contributed by atoms with Crippen LogP contribution in [-0.4, -0.2) is 46.5 Å². The molecule has 0 radical (unpaired) electrons. The molecule has 1 aromatic heterocycles. The Balaban J connectivity index is 0.00000243. The Morgan fingerprint density at radius 2 is 1.69 bits per heavy atom. The molecule has 6 heteroatoms. The van der Waals surface area contributed by atoms with E-state index in [1.807, 2.05) is 29.4 Å². The zero-order chi connectivity index (χ0) is 18.0. The number of halogens is 1. The molecule has 1 aromatic carbocycles. The minimum absolute atomic E-state index is 0. The van der Waals surface area contributed by atoms with Gasteiger partial charge in [-0.3, -0.25) is 4.79 Å². The molecule has 1 amide bonds. The summed E-state index contributed by atoms with van der Waals surface area (Å²) in [4.78, 5) is 21.4. The highest BCUT2D eigenvalue weighted by atomic mass is 35.5. The number of nitrogens with zero attached hydrogens (tertiary/aromatic N) is 4. The highest BCUT2D eigenvalue weighted by molar-refractivity contribution is 5.94. The van der Waals surface area contributed by atoms with E-state index < -0.39 is 0 Å². The molecule has 0 unspecified atom stereocenters. The summed E-state index contributed by atoms with van der Waals surface area (Å²) in [7, 11) is 0. The van der Waals surface area contributed by atoms with Crippen molar-refractivity contribution in [2.24, 2.45) is 0 Å². The number of imidazole rings is 1. The molecule has 142 valence electrons. The third-order valence-corrected chi connectivity index (χ3v) is 4.88. The number of aromatic nitrogens is 2. The van der Waals surface area contributed by atoms with Crippen molar-refractivity contribution in [1.82, 2.24) is 14.5 Å². The Hall–Kier alpha value is -2.01. The molecule has 2 aromatic rings. The minimum atomic E-state index is 0. The Morgan fingerprint density at radius 3 is 2.23 bits per heavy atom. The summed E-state index contributed by atoms with van der Waals surface area (Å²) in [6.07, 6.45) is 3.84. The Kier molecular flexibility index (Phi) is 6.34. The second-order valence-electron chi connectivity index (χ2n) is 7.62. The Morgan fingerprint density at radius 1 is 1.08 bits per heavy atom. The highest BCUT2D eigenvalue weighted by Gasteiger charge is 2.24. The van der Waals surface area contributed by atoms with E-state index in [1.165, 1.54) is 5.56 Å². The number of carbonyl (C=O) groups is 1. The number of rotatable bonds is 3. The zero-order valence-corrected chi connectivity index (χ0v) is 16.9. The van der Waals surface area contributed by atoms with Crippen molar-refractivity contribution in [3.63, 3.8) is 0 Å². The fourth-order valence-electron chi connectivity index (χ4n) is 3.24. The molecule has 1 aliphatic heterocycles. The lowest BCUT2D eigenvalue weighted by molar-refractivity contribution is 0.0746. The maximum absolute atomic E-state index is 12.8. The monoisotopic (exact) mass is 376 g/mol. The normalized spacial score (nSPS) is 14.9. The van der Waals surface area contributed by atoms with Crippen LogP contribution >= 0.6 is 12.4 Å². The lowest BCUT2D eigenvalue weighted by atomic mass is 9.86. The molecule has 1 fully saturated rings. The van der Waals surface area contributed by atoms with Crippen LogP contribution in [0.3, 0.4) is 0 Å². The molecule has 26 heavy (non-hydrogen) atoms. The van der Waals surface area contributed by atoms with Crippen molar-refractivity contribution in [1.29, 1.82) is 0 Å². The van der Waals surface area contributed by atoms with Crippen LogP contribution in [0.5, 0.6) is 0 Å². The number of hydrogen-bond acceptors (Lipinski definition) is 3. The van der Waals surface area contributed by atoms with Crippen LogP contribution in [0.1, 0.15) is 43.6 Å². The molecule has 0 spiro atoms. The van der Waals surface area contributed by atoms with Gasteiger partial charge in [0.25, 0.3) is 5.91 Å². The first kappa shape index (κ1) is 20.3. The van der Waals surface area contributed by atoms with Gasteiger partial charge in [0.1, 0.15) is 0 Å². The van der Waals surface area contributed by atoms with E-state index in [2.05, 4.69) is 54.3 Å². The van der Waals surface area contributed by atoms with E-state index in [4.69, 9.17) is 0 Å². The topological polar surface area (TPSA) is 41.4 Å². The first-order valence-electron chi connectivity index (χ1n) is 9.06. The molecular weight excluding hydrogens is 348 g/mol. The molecule has 0 atom stereocenters. The van der Waals surface area contributed by atoms with Gasteiger partial charge in [-0.1, -0.05) is 32.9 Å². The van der Waals surface area contributed by atoms with Gasteiger partial charge >= 0.3 is 0 Å². The predicted octanol–water partition coefficient (Wildman–Crippen LogP) is 3.58. The summed E-state index contributed by atoms with van der Waals surface area (Å²) in [5.41, 5.74) is 2.13. The molecular formula is C20H29ClN4O. The summed E-state index contributed by atoms with van der Waals surface area (Å²) >= 11 is 0. The second kappa shape index (κ2) is 8.12. The van der Waals surface area contributed by atoms with Crippen molar-refractivity contribution in [2.45, 2.75) is 39.7 Å². The molecule has 2 heterocycles. The van der Waals surface area contributed by atoms with Gasteiger partial charge in [-0.05, 0) is 30.0 Å². The van der Waals surface area contributed by atoms with E-state index >= 15 is 0 Å². The van der Waals surface area contributed by atoms with Crippen molar-refractivity contribution in [3.8, 4) is 0 Å². The highest BCUT2D eigenvalue weighted by Crippen LogP contribution is 2.23. The Labute approximate surface area is 162 Å². The molecule has 0 N–H and O–H groups in total. The van der Waals surface area contributed by atoms with Gasteiger partial charge in [-0.2, -0.15) is 0 Å². The number of carbonyl (C=O) groups excluding carboxylic acids is 1. The van der Waals surface area contributed by atoms with Crippen molar-refractivity contribution in [2.75, 3.05) is 31.1 Å². The van der Waals surface area contributed by atoms with Crippen LogP contribution < -0.4 is 4.90 Å². The summed E-state index contributed by atoms with van der Waals surface area (Å²) in [5, 5.41) is 0. The Bertz CT molecular complexity index is 725. The van der Waals surface area contributed by atoms with Gasteiger partial charge in [0.15, 0.2) is 0 Å². The number of piperazine rings is 1. The largest absolute Gasteiger partial charge is 0.339 e. The zero-order valence-electron chi connectivity index (χ0n) is 16.1. The van der Waals surface area contributed by atoms with Gasteiger partial charge in [-0.15, -0.1) is 12.4 Å². The number of benzene rings is 1. The van der Waals surface area contributed by atoms with Crippen LogP contribution in [0.25, 0.3) is 0 Å².